The second-order valence-electron chi connectivity index (χ2n) is 4.26. The van der Waals surface area contributed by atoms with Gasteiger partial charge in [0.25, 0.3) is 10.0 Å². The van der Waals surface area contributed by atoms with Crippen molar-refractivity contribution in [1.29, 1.82) is 5.26 Å². The molecule has 0 aliphatic carbocycles. The van der Waals surface area contributed by atoms with E-state index in [0.717, 1.165) is 10.6 Å². The molecule has 0 atom stereocenters. The van der Waals surface area contributed by atoms with Crippen LogP contribution in [0.2, 0.25) is 0 Å². The Kier molecular flexibility index (Phi) is 3.94. The van der Waals surface area contributed by atoms with Crippen LogP contribution in [0.5, 0.6) is 0 Å². The third kappa shape index (κ3) is 3.01. The Balaban J connectivity index is 1.84. The number of anilines is 1. The average molecular weight is 347 g/mol. The van der Waals surface area contributed by atoms with Crippen molar-refractivity contribution >= 4 is 37.8 Å². The van der Waals surface area contributed by atoms with E-state index in [9.17, 15) is 8.42 Å². The van der Waals surface area contributed by atoms with E-state index >= 15 is 0 Å². The molecule has 0 amide bonds. The number of rotatable bonds is 4. The minimum Gasteiger partial charge on any atom is -0.255 e. The van der Waals surface area contributed by atoms with Gasteiger partial charge in [-0.1, -0.05) is 6.07 Å². The number of nitriles is 1. The zero-order valence-electron chi connectivity index (χ0n) is 11.1. The summed E-state index contributed by atoms with van der Waals surface area (Å²) >= 11 is 2.77. The van der Waals surface area contributed by atoms with Crippen LogP contribution in [0.25, 0.3) is 10.6 Å². The lowest BCUT2D eigenvalue weighted by Gasteiger charge is -2.04. The lowest BCUT2D eigenvalue weighted by atomic mass is 10.2. The molecule has 8 heteroatoms. The fourth-order valence-corrected chi connectivity index (χ4v) is 4.46. The molecule has 0 saturated heterocycles. The van der Waals surface area contributed by atoms with Gasteiger partial charge in [0.05, 0.1) is 27.1 Å². The van der Waals surface area contributed by atoms with Gasteiger partial charge in [0.15, 0.2) is 5.13 Å². The molecule has 0 radical (unpaired) electrons. The molecule has 1 N–H and O–H groups in total. The highest BCUT2D eigenvalue weighted by Crippen LogP contribution is 2.29. The van der Waals surface area contributed by atoms with Crippen LogP contribution >= 0.6 is 22.7 Å². The van der Waals surface area contributed by atoms with E-state index in [0.29, 0.717) is 10.7 Å². The van der Waals surface area contributed by atoms with E-state index in [1.807, 2.05) is 29.0 Å². The van der Waals surface area contributed by atoms with E-state index in [-0.39, 0.29) is 4.90 Å². The Morgan fingerprint density at radius 3 is 2.55 bits per heavy atom. The van der Waals surface area contributed by atoms with E-state index in [1.54, 1.807) is 11.3 Å². The van der Waals surface area contributed by atoms with E-state index in [4.69, 9.17) is 5.26 Å². The number of hydrogen-bond acceptors (Lipinski definition) is 6. The van der Waals surface area contributed by atoms with E-state index in [2.05, 4.69) is 9.71 Å². The minimum absolute atomic E-state index is 0.0966. The van der Waals surface area contributed by atoms with E-state index < -0.39 is 10.0 Å². The van der Waals surface area contributed by atoms with Crippen LogP contribution in [0.15, 0.2) is 52.1 Å². The van der Waals surface area contributed by atoms with Crippen molar-refractivity contribution in [3.8, 4) is 16.6 Å². The maximum absolute atomic E-state index is 12.3. The maximum Gasteiger partial charge on any atom is 0.263 e. The molecule has 5 nitrogen and oxygen atoms in total. The van der Waals surface area contributed by atoms with Gasteiger partial charge in [-0.3, -0.25) is 4.72 Å². The molecule has 0 spiro atoms. The summed E-state index contributed by atoms with van der Waals surface area (Å²) in [7, 11) is -3.70. The van der Waals surface area contributed by atoms with Crippen molar-refractivity contribution in [2.75, 3.05) is 4.72 Å². The maximum atomic E-state index is 12.3. The molecule has 0 saturated carbocycles. The summed E-state index contributed by atoms with van der Waals surface area (Å²) in [6.45, 7) is 0. The van der Waals surface area contributed by atoms with Gasteiger partial charge in [0.1, 0.15) is 0 Å². The fraction of sp³-hybridized carbons (Fsp3) is 0. The van der Waals surface area contributed by atoms with Gasteiger partial charge in [-0.2, -0.15) is 5.26 Å². The predicted molar refractivity (Wildman–Crippen MR) is 87.4 cm³/mol. The Morgan fingerprint density at radius 1 is 1.14 bits per heavy atom. The molecule has 0 aliphatic rings. The first-order valence-electron chi connectivity index (χ1n) is 6.11. The summed E-state index contributed by atoms with van der Waals surface area (Å²) in [4.78, 5) is 5.37. The Morgan fingerprint density at radius 2 is 1.91 bits per heavy atom. The van der Waals surface area contributed by atoms with Crippen molar-refractivity contribution < 1.29 is 8.42 Å². The standard InChI is InChI=1S/C14H9N3O2S3/c15-8-10-3-5-11(6-4-10)22(18,19)17-14-16-12(9-21-14)13-2-1-7-20-13/h1-7,9H,(H,16,17). The van der Waals surface area contributed by atoms with Crippen LogP contribution in [0.4, 0.5) is 5.13 Å². The molecular weight excluding hydrogens is 338 g/mol. The zero-order valence-corrected chi connectivity index (χ0v) is 13.5. The smallest absolute Gasteiger partial charge is 0.255 e. The van der Waals surface area contributed by atoms with Gasteiger partial charge in [0, 0.05) is 5.38 Å². The summed E-state index contributed by atoms with van der Waals surface area (Å²) in [5.41, 5.74) is 1.16. The normalized spacial score (nSPS) is 11.0. The monoisotopic (exact) mass is 347 g/mol. The molecule has 0 unspecified atom stereocenters. The molecule has 0 fully saturated rings. The summed E-state index contributed by atoms with van der Waals surface area (Å²) in [5.74, 6) is 0. The summed E-state index contributed by atoms with van der Waals surface area (Å²) in [5, 5.41) is 12.8. The van der Waals surface area contributed by atoms with Crippen LogP contribution in [0, 0.1) is 11.3 Å². The van der Waals surface area contributed by atoms with Crippen molar-refractivity contribution in [3.05, 3.63) is 52.7 Å². The molecular formula is C14H9N3O2S3. The van der Waals surface area contributed by atoms with Gasteiger partial charge >= 0.3 is 0 Å². The Hall–Kier alpha value is -2.21. The highest BCUT2D eigenvalue weighted by Gasteiger charge is 2.16. The number of sulfonamides is 1. The third-order valence-electron chi connectivity index (χ3n) is 2.79. The van der Waals surface area contributed by atoms with Crippen LogP contribution < -0.4 is 4.72 Å². The number of thiophene rings is 1. The highest BCUT2D eigenvalue weighted by molar-refractivity contribution is 7.93. The van der Waals surface area contributed by atoms with Crippen LogP contribution in [0.3, 0.4) is 0 Å². The Labute approximate surface area is 135 Å². The number of nitrogens with zero attached hydrogens (tertiary/aromatic N) is 2. The summed E-state index contributed by atoms with van der Waals surface area (Å²) in [6.07, 6.45) is 0. The molecule has 0 aliphatic heterocycles. The first kappa shape index (κ1) is 14.7. The van der Waals surface area contributed by atoms with Gasteiger partial charge in [-0.15, -0.1) is 22.7 Å². The number of nitrogens with one attached hydrogen (secondary N) is 1. The molecule has 3 aromatic rings. The van der Waals surface area contributed by atoms with Gasteiger partial charge < -0.3 is 0 Å². The summed E-state index contributed by atoms with van der Waals surface area (Å²) < 4.78 is 27.0. The zero-order chi connectivity index (χ0) is 15.6. The van der Waals surface area contributed by atoms with Crippen molar-refractivity contribution in [2.45, 2.75) is 4.90 Å². The highest BCUT2D eigenvalue weighted by atomic mass is 32.2. The van der Waals surface area contributed by atoms with Gasteiger partial charge in [-0.05, 0) is 35.7 Å². The number of hydrogen-bond donors (Lipinski definition) is 1. The second-order valence-corrected chi connectivity index (χ2v) is 7.75. The minimum atomic E-state index is -3.70. The van der Waals surface area contributed by atoms with Crippen molar-refractivity contribution in [1.82, 2.24) is 4.98 Å². The van der Waals surface area contributed by atoms with Crippen molar-refractivity contribution in [2.24, 2.45) is 0 Å². The largest absolute Gasteiger partial charge is 0.263 e. The molecule has 0 bridgehead atoms. The lowest BCUT2D eigenvalue weighted by Crippen LogP contribution is -2.12. The topological polar surface area (TPSA) is 82.8 Å². The quantitative estimate of drug-likeness (QED) is 0.782. The molecule has 2 heterocycles. The third-order valence-corrected chi connectivity index (χ3v) is 5.93. The van der Waals surface area contributed by atoms with Crippen LogP contribution in [0.1, 0.15) is 5.56 Å². The van der Waals surface area contributed by atoms with Crippen LogP contribution in [-0.2, 0) is 10.0 Å². The van der Waals surface area contributed by atoms with Gasteiger partial charge in [-0.25, -0.2) is 13.4 Å². The predicted octanol–water partition coefficient (Wildman–Crippen LogP) is 3.54. The average Bonchev–Trinajstić information content (AvgIpc) is 3.18. The molecule has 2 aromatic heterocycles. The van der Waals surface area contributed by atoms with E-state index in [1.165, 1.54) is 35.6 Å². The van der Waals surface area contributed by atoms with Crippen molar-refractivity contribution in [3.63, 3.8) is 0 Å². The SMILES string of the molecule is N#Cc1ccc(S(=O)(=O)Nc2nc(-c3cccs3)cs2)cc1. The van der Waals surface area contributed by atoms with Gasteiger partial charge in [0.2, 0.25) is 0 Å². The molecule has 3 rings (SSSR count). The first-order valence-corrected chi connectivity index (χ1v) is 9.35. The fourth-order valence-electron chi connectivity index (χ4n) is 1.74. The molecule has 110 valence electrons. The van der Waals surface area contributed by atoms with Crippen LogP contribution in [-0.4, -0.2) is 13.4 Å². The second kappa shape index (κ2) is 5.88. The summed E-state index contributed by atoms with van der Waals surface area (Å²) in [6, 6.07) is 11.5. The number of benzene rings is 1. The first-order chi connectivity index (χ1) is 10.6. The number of aromatic nitrogens is 1. The number of thiazole rings is 1. The lowest BCUT2D eigenvalue weighted by molar-refractivity contribution is 0.601. The molecule has 22 heavy (non-hydrogen) atoms. The molecule has 1 aromatic carbocycles. The Bertz CT molecular complexity index is 921.